The molecule has 0 aliphatic rings. The van der Waals surface area contributed by atoms with Gasteiger partial charge in [0.2, 0.25) is 0 Å². The summed E-state index contributed by atoms with van der Waals surface area (Å²) in [7, 11) is 0. The van der Waals surface area contributed by atoms with Crippen LogP contribution in [0.4, 0.5) is 0 Å². The van der Waals surface area contributed by atoms with E-state index >= 15 is 0 Å². The van der Waals surface area contributed by atoms with Crippen molar-refractivity contribution in [2.75, 3.05) is 0 Å². The van der Waals surface area contributed by atoms with E-state index in [1.807, 2.05) is 18.2 Å². The zero-order chi connectivity index (χ0) is 12.3. The zero-order valence-electron chi connectivity index (χ0n) is 8.63. The number of amides is 1. The fraction of sp³-hybridized carbons (Fsp3) is 0. The van der Waals surface area contributed by atoms with E-state index in [2.05, 4.69) is 32.6 Å². The van der Waals surface area contributed by atoms with Crippen molar-refractivity contribution in [3.8, 4) is 11.6 Å². The zero-order valence-corrected chi connectivity index (χ0v) is 10.8. The van der Waals surface area contributed by atoms with Gasteiger partial charge in [-0.05, 0) is 40.8 Å². The summed E-state index contributed by atoms with van der Waals surface area (Å²) in [6.45, 7) is 0. The topological polar surface area (TPSA) is 78.1 Å². The maximum absolute atomic E-state index is 11.1. The molecule has 0 spiro atoms. The highest BCUT2D eigenvalue weighted by Crippen LogP contribution is 2.22. The van der Waals surface area contributed by atoms with Gasteiger partial charge >= 0.3 is 0 Å². The number of primary amides is 1. The fourth-order valence-corrected chi connectivity index (χ4v) is 1.73. The van der Waals surface area contributed by atoms with Gasteiger partial charge in [0.05, 0.1) is 0 Å². The molecule has 0 atom stereocenters. The maximum atomic E-state index is 11.1. The Hall–Kier alpha value is -1.70. The van der Waals surface area contributed by atoms with E-state index in [0.717, 1.165) is 3.57 Å². The average molecular weight is 341 g/mol. The molecule has 1 amide bonds. The second kappa shape index (κ2) is 5.09. The van der Waals surface area contributed by atoms with Crippen LogP contribution in [0.15, 0.2) is 36.7 Å². The van der Waals surface area contributed by atoms with E-state index < -0.39 is 5.91 Å². The third-order valence-corrected chi connectivity index (χ3v) is 2.58. The second-order valence-corrected chi connectivity index (χ2v) is 4.38. The summed E-state index contributed by atoms with van der Waals surface area (Å²) in [5.41, 5.74) is 5.19. The summed E-state index contributed by atoms with van der Waals surface area (Å²) >= 11 is 2.16. The molecule has 2 rings (SSSR count). The van der Waals surface area contributed by atoms with Crippen molar-refractivity contribution >= 4 is 28.5 Å². The molecule has 1 aromatic carbocycles. The predicted octanol–water partition coefficient (Wildman–Crippen LogP) is 1.97. The van der Waals surface area contributed by atoms with E-state index in [4.69, 9.17) is 10.5 Å². The van der Waals surface area contributed by atoms with Crippen molar-refractivity contribution in [3.63, 3.8) is 0 Å². The first-order chi connectivity index (χ1) is 8.16. The van der Waals surface area contributed by atoms with Gasteiger partial charge in [-0.1, -0.05) is 6.07 Å². The minimum atomic E-state index is -0.668. The van der Waals surface area contributed by atoms with Crippen molar-refractivity contribution in [1.29, 1.82) is 0 Å². The Kier molecular flexibility index (Phi) is 3.52. The van der Waals surface area contributed by atoms with Crippen LogP contribution in [0.25, 0.3) is 0 Å². The van der Waals surface area contributed by atoms with Gasteiger partial charge in [0.15, 0.2) is 5.69 Å². The molecule has 2 N–H and O–H groups in total. The number of aromatic nitrogens is 2. The van der Waals surface area contributed by atoms with Gasteiger partial charge < -0.3 is 10.5 Å². The summed E-state index contributed by atoms with van der Waals surface area (Å²) < 4.78 is 6.49. The smallest absolute Gasteiger partial charge is 0.272 e. The molecule has 0 radical (unpaired) electrons. The summed E-state index contributed by atoms with van der Waals surface area (Å²) in [5, 5.41) is 0. The molecule has 0 unspecified atom stereocenters. The molecular weight excluding hydrogens is 333 g/mol. The minimum absolute atomic E-state index is 0.0198. The van der Waals surface area contributed by atoms with Gasteiger partial charge in [-0.2, -0.15) is 0 Å². The lowest BCUT2D eigenvalue weighted by atomic mass is 10.3. The SMILES string of the molecule is NC(=O)c1nccnc1Oc1cccc(I)c1. The second-order valence-electron chi connectivity index (χ2n) is 3.13. The van der Waals surface area contributed by atoms with E-state index in [0.29, 0.717) is 5.75 Å². The molecule has 1 heterocycles. The van der Waals surface area contributed by atoms with Crippen LogP contribution in [0.3, 0.4) is 0 Å². The fourth-order valence-electron chi connectivity index (χ4n) is 1.21. The van der Waals surface area contributed by atoms with Crippen LogP contribution in [0, 0.1) is 3.57 Å². The highest BCUT2D eigenvalue weighted by Gasteiger charge is 2.12. The Labute approximate surface area is 111 Å². The van der Waals surface area contributed by atoms with E-state index in [1.165, 1.54) is 12.4 Å². The number of hydrogen-bond acceptors (Lipinski definition) is 4. The Morgan fingerprint density at radius 2 is 2.06 bits per heavy atom. The Bertz CT molecular complexity index is 560. The number of nitrogens with zero attached hydrogens (tertiary/aromatic N) is 2. The van der Waals surface area contributed by atoms with Crippen molar-refractivity contribution in [2.24, 2.45) is 5.73 Å². The minimum Gasteiger partial charge on any atom is -0.437 e. The largest absolute Gasteiger partial charge is 0.437 e. The summed E-state index contributed by atoms with van der Waals surface area (Å²) in [4.78, 5) is 18.9. The third-order valence-electron chi connectivity index (χ3n) is 1.91. The number of halogens is 1. The highest BCUT2D eigenvalue weighted by atomic mass is 127. The van der Waals surface area contributed by atoms with Crippen LogP contribution in [0.5, 0.6) is 11.6 Å². The Balaban J connectivity index is 2.33. The van der Waals surface area contributed by atoms with Gasteiger partial charge in [0.1, 0.15) is 5.75 Å². The van der Waals surface area contributed by atoms with Gasteiger partial charge in [-0.15, -0.1) is 0 Å². The Morgan fingerprint density at radius 3 is 2.76 bits per heavy atom. The lowest BCUT2D eigenvalue weighted by Gasteiger charge is -2.06. The highest BCUT2D eigenvalue weighted by molar-refractivity contribution is 14.1. The molecule has 0 aliphatic carbocycles. The summed E-state index contributed by atoms with van der Waals surface area (Å²) in [6, 6.07) is 7.36. The first-order valence-electron chi connectivity index (χ1n) is 4.71. The van der Waals surface area contributed by atoms with Crippen LogP contribution in [-0.4, -0.2) is 15.9 Å². The van der Waals surface area contributed by atoms with Crippen LogP contribution in [-0.2, 0) is 0 Å². The lowest BCUT2D eigenvalue weighted by molar-refractivity contribution is 0.0992. The molecule has 5 nitrogen and oxygen atoms in total. The number of hydrogen-bond donors (Lipinski definition) is 1. The molecule has 0 saturated heterocycles. The van der Waals surface area contributed by atoms with Gasteiger partial charge in [-0.25, -0.2) is 9.97 Å². The molecule has 0 fully saturated rings. The standard InChI is InChI=1S/C11H8IN3O2/c12-7-2-1-3-8(6-7)17-11-9(10(13)16)14-4-5-15-11/h1-6H,(H2,13,16). The molecule has 86 valence electrons. The quantitative estimate of drug-likeness (QED) is 0.866. The number of nitrogens with two attached hydrogens (primary N) is 1. The van der Waals surface area contributed by atoms with Crippen LogP contribution < -0.4 is 10.5 Å². The first-order valence-corrected chi connectivity index (χ1v) is 5.79. The van der Waals surface area contributed by atoms with Crippen molar-refractivity contribution in [3.05, 3.63) is 45.9 Å². The maximum Gasteiger partial charge on any atom is 0.272 e. The van der Waals surface area contributed by atoms with E-state index in [9.17, 15) is 4.79 Å². The third kappa shape index (κ3) is 2.90. The van der Waals surface area contributed by atoms with E-state index in [-0.39, 0.29) is 11.6 Å². The monoisotopic (exact) mass is 341 g/mol. The van der Waals surface area contributed by atoms with Gasteiger partial charge in [-0.3, -0.25) is 4.79 Å². The van der Waals surface area contributed by atoms with Crippen LogP contribution in [0.2, 0.25) is 0 Å². The molecule has 2 aromatic rings. The first kappa shape index (κ1) is 11.8. The molecule has 17 heavy (non-hydrogen) atoms. The molecule has 0 aliphatic heterocycles. The summed E-state index contributed by atoms with van der Waals surface area (Å²) in [6.07, 6.45) is 2.83. The predicted molar refractivity (Wildman–Crippen MR) is 69.8 cm³/mol. The summed E-state index contributed by atoms with van der Waals surface area (Å²) in [5.74, 6) is 0.0284. The number of carbonyl (C=O) groups is 1. The lowest BCUT2D eigenvalue weighted by Crippen LogP contribution is -2.14. The van der Waals surface area contributed by atoms with E-state index in [1.54, 1.807) is 6.07 Å². The van der Waals surface area contributed by atoms with Crippen molar-refractivity contribution in [2.45, 2.75) is 0 Å². The number of carbonyl (C=O) groups excluding carboxylic acids is 1. The van der Waals surface area contributed by atoms with Gasteiger partial charge in [0.25, 0.3) is 11.8 Å². The molecular formula is C11H8IN3O2. The Morgan fingerprint density at radius 1 is 1.29 bits per heavy atom. The van der Waals surface area contributed by atoms with Crippen molar-refractivity contribution < 1.29 is 9.53 Å². The number of ether oxygens (including phenoxy) is 1. The molecule has 1 aromatic heterocycles. The van der Waals surface area contributed by atoms with Crippen LogP contribution in [0.1, 0.15) is 10.5 Å². The molecule has 0 saturated carbocycles. The van der Waals surface area contributed by atoms with Gasteiger partial charge in [0, 0.05) is 16.0 Å². The number of benzene rings is 1. The van der Waals surface area contributed by atoms with Crippen molar-refractivity contribution in [1.82, 2.24) is 9.97 Å². The molecule has 6 heteroatoms. The molecule has 0 bridgehead atoms. The average Bonchev–Trinajstić information content (AvgIpc) is 2.29. The number of rotatable bonds is 3. The van der Waals surface area contributed by atoms with Crippen LogP contribution >= 0.6 is 22.6 Å². The normalized spacial score (nSPS) is 9.94.